The van der Waals surface area contributed by atoms with Crippen LogP contribution in [0, 0.1) is 20.8 Å². The van der Waals surface area contributed by atoms with Gasteiger partial charge in [-0.05, 0) is 57.2 Å². The van der Waals surface area contributed by atoms with Crippen LogP contribution in [0.2, 0.25) is 0 Å². The van der Waals surface area contributed by atoms with E-state index >= 15 is 0 Å². The van der Waals surface area contributed by atoms with Gasteiger partial charge in [-0.25, -0.2) is 0 Å². The predicted molar refractivity (Wildman–Crippen MR) is 112 cm³/mol. The summed E-state index contributed by atoms with van der Waals surface area (Å²) in [6, 6.07) is 29.1. The van der Waals surface area contributed by atoms with E-state index in [0.717, 1.165) is 22.6 Å². The van der Waals surface area contributed by atoms with Crippen molar-refractivity contribution in [3.8, 4) is 0 Å². The van der Waals surface area contributed by atoms with Crippen molar-refractivity contribution in [1.29, 1.82) is 0 Å². The maximum absolute atomic E-state index is 4.38. The molecule has 0 aliphatic carbocycles. The Labute approximate surface area is 155 Å². The molecule has 0 aliphatic heterocycles. The molecule has 0 saturated heterocycles. The first kappa shape index (κ1) is 17.7. The Morgan fingerprint density at radius 2 is 1.12 bits per heavy atom. The summed E-state index contributed by atoms with van der Waals surface area (Å²) in [6.07, 6.45) is 0. The van der Waals surface area contributed by atoms with Gasteiger partial charge in [-0.15, -0.1) is 0 Å². The summed E-state index contributed by atoms with van der Waals surface area (Å²) in [5.41, 5.74) is 6.97. The zero-order chi connectivity index (χ0) is 18.4. The van der Waals surface area contributed by atoms with Crippen molar-refractivity contribution < 1.29 is 0 Å². The maximum atomic E-state index is 4.38. The highest BCUT2D eigenvalue weighted by Gasteiger charge is 1.93. The number of rotatable bonds is 2. The highest BCUT2D eigenvalue weighted by atomic mass is 14.9. The van der Waals surface area contributed by atoms with Crippen LogP contribution in [0.3, 0.4) is 0 Å². The van der Waals surface area contributed by atoms with E-state index < -0.39 is 0 Å². The van der Waals surface area contributed by atoms with Crippen LogP contribution in [0.25, 0.3) is 10.9 Å². The van der Waals surface area contributed by atoms with Crippen molar-refractivity contribution >= 4 is 22.3 Å². The van der Waals surface area contributed by atoms with Gasteiger partial charge in [0.05, 0.1) is 5.52 Å². The number of aryl methyl sites for hydroxylation is 3. The zero-order valence-electron chi connectivity index (χ0n) is 15.5. The lowest BCUT2D eigenvalue weighted by Crippen LogP contribution is -1.89. The standard InChI is InChI=1S/C14H15N.C10H9N/c1-11-3-7-13(8-4-11)15-14-9-5-12(2)6-10-14;1-8-6-7-9-4-2-3-5-10(9)11-8/h3-10,15H,1-2H3;2-7H,1H3. The van der Waals surface area contributed by atoms with Crippen LogP contribution in [0.5, 0.6) is 0 Å². The zero-order valence-corrected chi connectivity index (χ0v) is 15.5. The predicted octanol–water partition coefficient (Wildman–Crippen LogP) is 6.59. The third kappa shape index (κ3) is 4.93. The smallest absolute Gasteiger partial charge is 0.0705 e. The van der Waals surface area contributed by atoms with Crippen LogP contribution in [0.15, 0.2) is 84.9 Å². The van der Waals surface area contributed by atoms with E-state index in [1.807, 2.05) is 31.2 Å². The molecule has 1 N–H and O–H groups in total. The average Bonchev–Trinajstić information content (AvgIpc) is 2.66. The maximum Gasteiger partial charge on any atom is 0.0705 e. The van der Waals surface area contributed by atoms with E-state index in [1.54, 1.807) is 0 Å². The second-order valence-corrected chi connectivity index (χ2v) is 6.50. The third-order valence-electron chi connectivity index (χ3n) is 4.13. The SMILES string of the molecule is Cc1ccc(Nc2ccc(C)cc2)cc1.Cc1ccc2ccccc2n1. The van der Waals surface area contributed by atoms with Crippen LogP contribution in [0.1, 0.15) is 16.8 Å². The molecule has 4 aromatic rings. The lowest BCUT2D eigenvalue weighted by Gasteiger charge is -2.06. The molecule has 3 aromatic carbocycles. The van der Waals surface area contributed by atoms with Crippen molar-refractivity contribution in [2.45, 2.75) is 20.8 Å². The Bertz CT molecular complexity index is 927. The van der Waals surface area contributed by atoms with Crippen LogP contribution < -0.4 is 5.32 Å². The molecule has 1 aromatic heterocycles. The van der Waals surface area contributed by atoms with Gasteiger partial charge in [0.2, 0.25) is 0 Å². The molecule has 0 atom stereocenters. The second-order valence-electron chi connectivity index (χ2n) is 6.50. The molecule has 0 bridgehead atoms. The molecule has 0 fully saturated rings. The lowest BCUT2D eigenvalue weighted by molar-refractivity contribution is 1.26. The number of hydrogen-bond acceptors (Lipinski definition) is 2. The first-order valence-electron chi connectivity index (χ1n) is 8.83. The van der Waals surface area contributed by atoms with Gasteiger partial charge in [-0.3, -0.25) is 4.98 Å². The normalized spacial score (nSPS) is 10.1. The highest BCUT2D eigenvalue weighted by molar-refractivity contribution is 5.78. The Hall–Kier alpha value is -3.13. The van der Waals surface area contributed by atoms with E-state index in [0.29, 0.717) is 0 Å². The topological polar surface area (TPSA) is 24.9 Å². The van der Waals surface area contributed by atoms with E-state index in [2.05, 4.69) is 84.8 Å². The van der Waals surface area contributed by atoms with Gasteiger partial charge >= 0.3 is 0 Å². The molecule has 4 rings (SSSR count). The van der Waals surface area contributed by atoms with Gasteiger partial charge in [0.25, 0.3) is 0 Å². The molecule has 0 spiro atoms. The Kier molecular flexibility index (Phi) is 5.65. The number of anilines is 2. The van der Waals surface area contributed by atoms with Crippen LogP contribution in [0.4, 0.5) is 11.4 Å². The Morgan fingerprint density at radius 1 is 0.577 bits per heavy atom. The van der Waals surface area contributed by atoms with E-state index in [-0.39, 0.29) is 0 Å². The van der Waals surface area contributed by atoms with Gasteiger partial charge in [-0.1, -0.05) is 59.7 Å². The first-order chi connectivity index (χ1) is 12.6. The number of nitrogens with one attached hydrogen (secondary N) is 1. The average molecular weight is 340 g/mol. The molecule has 26 heavy (non-hydrogen) atoms. The summed E-state index contributed by atoms with van der Waals surface area (Å²) in [5, 5.41) is 4.56. The number of nitrogens with zero attached hydrogens (tertiary/aromatic N) is 1. The Morgan fingerprint density at radius 3 is 1.69 bits per heavy atom. The second kappa shape index (κ2) is 8.30. The van der Waals surface area contributed by atoms with Gasteiger partial charge in [0, 0.05) is 22.5 Å². The summed E-state index contributed by atoms with van der Waals surface area (Å²) >= 11 is 0. The molecule has 1 heterocycles. The van der Waals surface area contributed by atoms with Gasteiger partial charge < -0.3 is 5.32 Å². The third-order valence-corrected chi connectivity index (χ3v) is 4.13. The van der Waals surface area contributed by atoms with E-state index in [1.165, 1.54) is 16.5 Å². The number of aromatic nitrogens is 1. The number of para-hydroxylation sites is 1. The first-order valence-corrected chi connectivity index (χ1v) is 8.83. The van der Waals surface area contributed by atoms with Crippen molar-refractivity contribution in [1.82, 2.24) is 4.98 Å². The quantitative estimate of drug-likeness (QED) is 0.445. The molecule has 2 heteroatoms. The van der Waals surface area contributed by atoms with Gasteiger partial charge in [0.1, 0.15) is 0 Å². The molecular formula is C24H24N2. The molecule has 130 valence electrons. The fourth-order valence-electron chi connectivity index (χ4n) is 2.61. The summed E-state index contributed by atoms with van der Waals surface area (Å²) < 4.78 is 0. The monoisotopic (exact) mass is 340 g/mol. The summed E-state index contributed by atoms with van der Waals surface area (Å²) in [5.74, 6) is 0. The molecule has 0 radical (unpaired) electrons. The van der Waals surface area contributed by atoms with Crippen molar-refractivity contribution in [2.75, 3.05) is 5.32 Å². The van der Waals surface area contributed by atoms with Crippen LogP contribution >= 0.6 is 0 Å². The number of hydrogen-bond donors (Lipinski definition) is 1. The van der Waals surface area contributed by atoms with Crippen LogP contribution in [-0.2, 0) is 0 Å². The molecule has 0 saturated carbocycles. The number of pyridine rings is 1. The van der Waals surface area contributed by atoms with Crippen molar-refractivity contribution in [2.24, 2.45) is 0 Å². The molecule has 0 amide bonds. The molecule has 0 aliphatic rings. The minimum absolute atomic E-state index is 1.07. The summed E-state index contributed by atoms with van der Waals surface area (Å²) in [4.78, 5) is 4.38. The van der Waals surface area contributed by atoms with E-state index in [4.69, 9.17) is 0 Å². The minimum Gasteiger partial charge on any atom is -0.356 e. The minimum atomic E-state index is 1.07. The fourth-order valence-corrected chi connectivity index (χ4v) is 2.61. The summed E-state index contributed by atoms with van der Waals surface area (Å²) in [6.45, 7) is 6.19. The van der Waals surface area contributed by atoms with Gasteiger partial charge in [-0.2, -0.15) is 0 Å². The number of benzene rings is 3. The molecule has 0 unspecified atom stereocenters. The number of fused-ring (bicyclic) bond motifs is 1. The van der Waals surface area contributed by atoms with Crippen molar-refractivity contribution in [3.63, 3.8) is 0 Å². The Balaban J connectivity index is 0.000000158. The lowest BCUT2D eigenvalue weighted by atomic mass is 10.2. The largest absolute Gasteiger partial charge is 0.356 e. The van der Waals surface area contributed by atoms with Crippen LogP contribution in [-0.4, -0.2) is 4.98 Å². The molecular weight excluding hydrogens is 316 g/mol. The molecule has 2 nitrogen and oxygen atoms in total. The highest BCUT2D eigenvalue weighted by Crippen LogP contribution is 2.17. The summed E-state index contributed by atoms with van der Waals surface area (Å²) in [7, 11) is 0. The fraction of sp³-hybridized carbons (Fsp3) is 0.125. The van der Waals surface area contributed by atoms with Gasteiger partial charge in [0.15, 0.2) is 0 Å². The van der Waals surface area contributed by atoms with Crippen molar-refractivity contribution in [3.05, 3.63) is 102 Å². The van der Waals surface area contributed by atoms with E-state index in [9.17, 15) is 0 Å².